The number of rotatable bonds is 5. The van der Waals surface area contributed by atoms with Gasteiger partial charge in [-0.05, 0) is 61.1 Å². The first-order valence-electron chi connectivity index (χ1n) is 11.8. The molecule has 2 aliphatic carbocycles. The van der Waals surface area contributed by atoms with Gasteiger partial charge in [-0.2, -0.15) is 0 Å². The molecule has 170 valence electrons. The van der Waals surface area contributed by atoms with Crippen molar-refractivity contribution < 1.29 is 0 Å². The van der Waals surface area contributed by atoms with E-state index in [1.165, 1.54) is 44.1 Å². The Balaban J connectivity index is 1.64. The predicted octanol–water partition coefficient (Wildman–Crippen LogP) is 8.78. The van der Waals surface area contributed by atoms with Crippen LogP contribution in [0.15, 0.2) is 44.4 Å². The monoisotopic (exact) mass is 586 g/mol. The summed E-state index contributed by atoms with van der Waals surface area (Å²) in [5.41, 5.74) is 8.96. The van der Waals surface area contributed by atoms with E-state index in [0.717, 1.165) is 0 Å². The molecule has 0 heterocycles. The summed E-state index contributed by atoms with van der Waals surface area (Å²) >= 11 is 7.79. The standard InChI is InChI=1S/C28H36Br2Si2/c1-17-11-25-23(13-19(15-27(25)29)31(3,4)5)21(17)9-10-22-18(2)12-26-24(22)14-20(16-28(26)30)32(6,7)8/h11-16,21-22H,9-10H2,1-8H3. The van der Waals surface area contributed by atoms with E-state index in [4.69, 9.17) is 0 Å². The highest BCUT2D eigenvalue weighted by atomic mass is 79.9. The average Bonchev–Trinajstić information content (AvgIpc) is 3.15. The van der Waals surface area contributed by atoms with Crippen molar-refractivity contribution in [2.45, 2.75) is 77.8 Å². The maximum absolute atomic E-state index is 3.90. The van der Waals surface area contributed by atoms with Gasteiger partial charge >= 0.3 is 0 Å². The van der Waals surface area contributed by atoms with Crippen molar-refractivity contribution in [2.75, 3.05) is 0 Å². The second-order valence-corrected chi connectivity index (χ2v) is 23.7. The minimum Gasteiger partial charge on any atom is -0.0656 e. The molecule has 2 unspecified atom stereocenters. The molecule has 0 aromatic heterocycles. The van der Waals surface area contributed by atoms with Crippen LogP contribution in [0.25, 0.3) is 12.2 Å². The van der Waals surface area contributed by atoms with E-state index in [9.17, 15) is 0 Å². The van der Waals surface area contributed by atoms with E-state index in [-0.39, 0.29) is 0 Å². The molecule has 0 nitrogen and oxygen atoms in total. The number of halogens is 2. The number of allylic oxidation sites excluding steroid dienone is 2. The molecule has 0 amide bonds. The molecule has 0 bridgehead atoms. The first-order chi connectivity index (χ1) is 14.8. The summed E-state index contributed by atoms with van der Waals surface area (Å²) in [5.74, 6) is 1.08. The Labute approximate surface area is 213 Å². The van der Waals surface area contributed by atoms with E-state index in [1.807, 2.05) is 0 Å². The Morgan fingerprint density at radius 3 is 1.28 bits per heavy atom. The molecule has 0 saturated carbocycles. The van der Waals surface area contributed by atoms with Crippen LogP contribution in [0.5, 0.6) is 0 Å². The summed E-state index contributed by atoms with van der Waals surface area (Å²) in [6.45, 7) is 19.3. The van der Waals surface area contributed by atoms with Crippen molar-refractivity contribution in [3.05, 3.63) is 66.6 Å². The fourth-order valence-corrected chi connectivity index (χ4v) is 9.21. The number of fused-ring (bicyclic) bond motifs is 2. The molecule has 2 atom stereocenters. The molecule has 4 rings (SSSR count). The second-order valence-electron chi connectivity index (χ2n) is 11.9. The molecule has 32 heavy (non-hydrogen) atoms. The maximum Gasteiger partial charge on any atom is 0.0776 e. The molecule has 0 aliphatic heterocycles. The zero-order valence-corrected chi connectivity index (χ0v) is 26.0. The zero-order valence-electron chi connectivity index (χ0n) is 20.8. The lowest BCUT2D eigenvalue weighted by molar-refractivity contribution is 0.611. The van der Waals surface area contributed by atoms with Gasteiger partial charge in [0.2, 0.25) is 0 Å². The fourth-order valence-electron chi connectivity index (χ4n) is 5.27. The predicted molar refractivity (Wildman–Crippen MR) is 156 cm³/mol. The zero-order chi connectivity index (χ0) is 23.6. The summed E-state index contributed by atoms with van der Waals surface area (Å²) in [6, 6.07) is 9.84. The third kappa shape index (κ3) is 4.49. The molecule has 0 fully saturated rings. The van der Waals surface area contributed by atoms with E-state index in [1.54, 1.807) is 21.5 Å². The Kier molecular flexibility index (Phi) is 6.50. The molecule has 0 N–H and O–H groups in total. The van der Waals surface area contributed by atoms with Crippen LogP contribution in [0.3, 0.4) is 0 Å². The third-order valence-corrected chi connectivity index (χ3v) is 12.7. The van der Waals surface area contributed by atoms with Gasteiger partial charge in [-0.3, -0.25) is 0 Å². The van der Waals surface area contributed by atoms with Crippen LogP contribution < -0.4 is 10.4 Å². The lowest BCUT2D eigenvalue weighted by atomic mass is 9.85. The van der Waals surface area contributed by atoms with Gasteiger partial charge in [0, 0.05) is 20.8 Å². The van der Waals surface area contributed by atoms with Gasteiger partial charge in [0.05, 0.1) is 16.1 Å². The van der Waals surface area contributed by atoms with Gasteiger partial charge in [-0.15, -0.1) is 0 Å². The van der Waals surface area contributed by atoms with Crippen molar-refractivity contribution >= 4 is 70.5 Å². The number of benzene rings is 2. The van der Waals surface area contributed by atoms with E-state index >= 15 is 0 Å². The Morgan fingerprint density at radius 2 is 0.969 bits per heavy atom. The summed E-state index contributed by atoms with van der Waals surface area (Å²) in [5, 5.41) is 3.12. The summed E-state index contributed by atoms with van der Waals surface area (Å²) in [7, 11) is -2.72. The minimum atomic E-state index is -1.36. The first-order valence-corrected chi connectivity index (χ1v) is 20.4. The fraction of sp³-hybridized carbons (Fsp3) is 0.429. The average molecular weight is 589 g/mol. The molecular weight excluding hydrogens is 552 g/mol. The molecule has 2 aromatic rings. The Morgan fingerprint density at radius 1 is 0.625 bits per heavy atom. The summed E-state index contributed by atoms with van der Waals surface area (Å²) < 4.78 is 2.56. The smallest absolute Gasteiger partial charge is 0.0656 e. The molecular formula is C28H36Br2Si2. The highest BCUT2D eigenvalue weighted by Crippen LogP contribution is 2.47. The van der Waals surface area contributed by atoms with Crippen LogP contribution >= 0.6 is 31.9 Å². The highest BCUT2D eigenvalue weighted by Gasteiger charge is 2.31. The Hall–Kier alpha value is -0.686. The second kappa shape index (κ2) is 8.51. The van der Waals surface area contributed by atoms with E-state index < -0.39 is 16.1 Å². The molecule has 0 spiro atoms. The molecule has 2 aliphatic rings. The van der Waals surface area contributed by atoms with Gasteiger partial charge < -0.3 is 0 Å². The van der Waals surface area contributed by atoms with Gasteiger partial charge in [-0.1, -0.05) is 117 Å². The molecule has 0 saturated heterocycles. The van der Waals surface area contributed by atoms with Gasteiger partial charge in [0.1, 0.15) is 0 Å². The van der Waals surface area contributed by atoms with Gasteiger partial charge in [0.25, 0.3) is 0 Å². The van der Waals surface area contributed by atoms with E-state index in [2.05, 4.69) is 121 Å². The van der Waals surface area contributed by atoms with Crippen LogP contribution in [0.4, 0.5) is 0 Å². The van der Waals surface area contributed by atoms with Crippen LogP contribution in [0.1, 0.15) is 60.8 Å². The van der Waals surface area contributed by atoms with Crippen LogP contribution in [-0.4, -0.2) is 16.1 Å². The maximum atomic E-state index is 3.90. The van der Waals surface area contributed by atoms with Crippen molar-refractivity contribution in [1.82, 2.24) is 0 Å². The first kappa shape index (κ1) is 24.4. The number of hydrogen-bond donors (Lipinski definition) is 0. The summed E-state index contributed by atoms with van der Waals surface area (Å²) in [6.07, 6.45) is 7.26. The van der Waals surface area contributed by atoms with Crippen LogP contribution in [0.2, 0.25) is 39.3 Å². The minimum absolute atomic E-state index is 0.540. The lowest BCUT2D eigenvalue weighted by Gasteiger charge is -2.24. The molecule has 4 heteroatoms. The third-order valence-electron chi connectivity index (χ3n) is 7.39. The van der Waals surface area contributed by atoms with Gasteiger partial charge in [0.15, 0.2) is 0 Å². The summed E-state index contributed by atoms with van der Waals surface area (Å²) in [4.78, 5) is 0. The normalized spacial score (nSPS) is 20.2. The lowest BCUT2D eigenvalue weighted by Crippen LogP contribution is -2.38. The molecule has 2 aromatic carbocycles. The van der Waals surface area contributed by atoms with Crippen LogP contribution in [-0.2, 0) is 0 Å². The molecule has 0 radical (unpaired) electrons. The van der Waals surface area contributed by atoms with Gasteiger partial charge in [-0.25, -0.2) is 0 Å². The van der Waals surface area contributed by atoms with Crippen molar-refractivity contribution in [1.29, 1.82) is 0 Å². The van der Waals surface area contributed by atoms with E-state index in [0.29, 0.717) is 11.8 Å². The quantitative estimate of drug-likeness (QED) is 0.307. The Bertz CT molecular complexity index is 1050. The SMILES string of the molecule is CC1=Cc2c(Br)cc([Si](C)(C)C)cc2C1CCC1C(C)=Cc2c(Br)cc([Si](C)(C)C)cc21. The van der Waals surface area contributed by atoms with Crippen molar-refractivity contribution in [3.63, 3.8) is 0 Å². The number of hydrogen-bond acceptors (Lipinski definition) is 0. The van der Waals surface area contributed by atoms with Crippen LogP contribution in [0, 0.1) is 0 Å². The van der Waals surface area contributed by atoms with Crippen molar-refractivity contribution in [3.8, 4) is 0 Å². The van der Waals surface area contributed by atoms with Crippen molar-refractivity contribution in [2.24, 2.45) is 0 Å². The topological polar surface area (TPSA) is 0 Å². The largest absolute Gasteiger partial charge is 0.0776 e. The highest BCUT2D eigenvalue weighted by molar-refractivity contribution is 9.10.